The molecule has 1 aliphatic heterocycles. The van der Waals surface area contributed by atoms with Crippen LogP contribution in [-0.2, 0) is 6.42 Å². The smallest absolute Gasteiger partial charge is 0.289 e. The standard InChI is InChI=1S/C15H24N2O2/c1-4-13-11(3)8-14(19-13)15(18)17-7-5-6-10(2)12(17)9-16/h8,10,12H,4-7,9,16H2,1-3H3/t10-,12-/m0/s1. The van der Waals surface area contributed by atoms with Crippen molar-refractivity contribution in [2.24, 2.45) is 11.7 Å². The van der Waals surface area contributed by atoms with Gasteiger partial charge in [0.15, 0.2) is 5.76 Å². The molecule has 1 aromatic heterocycles. The molecule has 0 spiro atoms. The van der Waals surface area contributed by atoms with Crippen LogP contribution in [0.15, 0.2) is 10.5 Å². The highest BCUT2D eigenvalue weighted by Gasteiger charge is 2.32. The van der Waals surface area contributed by atoms with Crippen molar-refractivity contribution in [1.29, 1.82) is 0 Å². The van der Waals surface area contributed by atoms with Crippen molar-refractivity contribution in [2.75, 3.05) is 13.1 Å². The zero-order valence-corrected chi connectivity index (χ0v) is 12.1. The number of furan rings is 1. The maximum absolute atomic E-state index is 12.6. The van der Waals surface area contributed by atoms with E-state index >= 15 is 0 Å². The molecule has 4 nitrogen and oxygen atoms in total. The van der Waals surface area contributed by atoms with E-state index < -0.39 is 0 Å². The van der Waals surface area contributed by atoms with Crippen molar-refractivity contribution in [3.8, 4) is 0 Å². The Labute approximate surface area is 114 Å². The number of hydrogen-bond donors (Lipinski definition) is 1. The predicted molar refractivity (Wildman–Crippen MR) is 75.1 cm³/mol. The molecule has 106 valence electrons. The Kier molecular flexibility index (Phi) is 4.30. The SMILES string of the molecule is CCc1oc(C(=O)N2CCC[C@H](C)[C@@H]2CN)cc1C. The molecule has 2 rings (SSSR count). The summed E-state index contributed by atoms with van der Waals surface area (Å²) < 4.78 is 5.67. The molecule has 2 atom stereocenters. The second kappa shape index (κ2) is 5.78. The number of carbonyl (C=O) groups excluding carboxylic acids is 1. The van der Waals surface area contributed by atoms with Crippen molar-refractivity contribution in [1.82, 2.24) is 4.90 Å². The largest absolute Gasteiger partial charge is 0.456 e. The van der Waals surface area contributed by atoms with E-state index in [0.717, 1.165) is 37.1 Å². The van der Waals surface area contributed by atoms with Crippen LogP contribution >= 0.6 is 0 Å². The summed E-state index contributed by atoms with van der Waals surface area (Å²) in [6.45, 7) is 7.49. The zero-order valence-electron chi connectivity index (χ0n) is 12.1. The third kappa shape index (κ3) is 2.68. The highest BCUT2D eigenvalue weighted by molar-refractivity contribution is 5.92. The first-order valence-corrected chi connectivity index (χ1v) is 7.18. The molecule has 0 bridgehead atoms. The summed E-state index contributed by atoms with van der Waals surface area (Å²) in [6.07, 6.45) is 3.00. The fourth-order valence-electron chi connectivity index (χ4n) is 2.98. The van der Waals surface area contributed by atoms with Crippen molar-refractivity contribution >= 4 is 5.91 Å². The molecule has 1 amide bonds. The van der Waals surface area contributed by atoms with Crippen LogP contribution in [0.25, 0.3) is 0 Å². The average Bonchev–Trinajstić information content (AvgIpc) is 2.78. The molecule has 1 aliphatic rings. The van der Waals surface area contributed by atoms with E-state index in [2.05, 4.69) is 6.92 Å². The second-order valence-electron chi connectivity index (χ2n) is 5.49. The molecule has 1 aromatic rings. The molecular formula is C15H24N2O2. The summed E-state index contributed by atoms with van der Waals surface area (Å²) in [4.78, 5) is 14.5. The predicted octanol–water partition coefficient (Wildman–Crippen LogP) is 2.35. The van der Waals surface area contributed by atoms with E-state index in [1.165, 1.54) is 0 Å². The van der Waals surface area contributed by atoms with Gasteiger partial charge in [-0.3, -0.25) is 4.79 Å². The monoisotopic (exact) mass is 264 g/mol. The van der Waals surface area contributed by atoms with Gasteiger partial charge in [-0.25, -0.2) is 0 Å². The first-order chi connectivity index (χ1) is 9.08. The molecule has 19 heavy (non-hydrogen) atoms. The van der Waals surface area contributed by atoms with Crippen LogP contribution in [0.3, 0.4) is 0 Å². The van der Waals surface area contributed by atoms with E-state index in [4.69, 9.17) is 10.2 Å². The summed E-state index contributed by atoms with van der Waals surface area (Å²) in [5, 5.41) is 0. The van der Waals surface area contributed by atoms with E-state index in [0.29, 0.717) is 18.2 Å². The number of amides is 1. The van der Waals surface area contributed by atoms with E-state index in [9.17, 15) is 4.79 Å². The summed E-state index contributed by atoms with van der Waals surface area (Å²) in [5.41, 5.74) is 6.89. The normalized spacial score (nSPS) is 23.7. The van der Waals surface area contributed by atoms with Crippen LogP contribution < -0.4 is 5.73 Å². The lowest BCUT2D eigenvalue weighted by atomic mass is 9.90. The molecule has 2 N–H and O–H groups in total. The van der Waals surface area contributed by atoms with Gasteiger partial charge >= 0.3 is 0 Å². The zero-order chi connectivity index (χ0) is 14.0. The number of piperidine rings is 1. The van der Waals surface area contributed by atoms with Gasteiger partial charge in [0.25, 0.3) is 5.91 Å². The number of hydrogen-bond acceptors (Lipinski definition) is 3. The Morgan fingerprint density at radius 1 is 1.58 bits per heavy atom. The maximum Gasteiger partial charge on any atom is 0.289 e. The van der Waals surface area contributed by atoms with Crippen LogP contribution in [0.4, 0.5) is 0 Å². The first-order valence-electron chi connectivity index (χ1n) is 7.18. The molecule has 1 fully saturated rings. The van der Waals surface area contributed by atoms with Gasteiger partial charge in [0.05, 0.1) is 0 Å². The van der Waals surface area contributed by atoms with Gasteiger partial charge in [0, 0.05) is 25.6 Å². The lowest BCUT2D eigenvalue weighted by molar-refractivity contribution is 0.0499. The third-order valence-corrected chi connectivity index (χ3v) is 4.17. The minimum atomic E-state index is -0.00944. The topological polar surface area (TPSA) is 59.5 Å². The van der Waals surface area contributed by atoms with Gasteiger partial charge in [-0.15, -0.1) is 0 Å². The maximum atomic E-state index is 12.6. The number of carbonyl (C=O) groups is 1. The number of aryl methyl sites for hydroxylation is 2. The molecule has 0 radical (unpaired) electrons. The first kappa shape index (κ1) is 14.1. The van der Waals surface area contributed by atoms with Crippen molar-refractivity contribution in [2.45, 2.75) is 46.1 Å². The fourth-order valence-corrected chi connectivity index (χ4v) is 2.98. The van der Waals surface area contributed by atoms with Crippen molar-refractivity contribution < 1.29 is 9.21 Å². The van der Waals surface area contributed by atoms with Gasteiger partial charge in [-0.05, 0) is 37.3 Å². The van der Waals surface area contributed by atoms with Gasteiger partial charge in [-0.1, -0.05) is 13.8 Å². The molecular weight excluding hydrogens is 240 g/mol. The Morgan fingerprint density at radius 3 is 2.89 bits per heavy atom. The van der Waals surface area contributed by atoms with Gasteiger partial charge in [0.1, 0.15) is 5.76 Å². The number of likely N-dealkylation sites (tertiary alicyclic amines) is 1. The Balaban J connectivity index is 2.21. The van der Waals surface area contributed by atoms with Crippen LogP contribution in [0.5, 0.6) is 0 Å². The van der Waals surface area contributed by atoms with Crippen LogP contribution in [0.2, 0.25) is 0 Å². The lowest BCUT2D eigenvalue weighted by Crippen LogP contribution is -2.51. The average molecular weight is 264 g/mol. The second-order valence-corrected chi connectivity index (χ2v) is 5.49. The van der Waals surface area contributed by atoms with Gasteiger partial charge < -0.3 is 15.1 Å². The molecule has 2 heterocycles. The van der Waals surface area contributed by atoms with E-state index in [1.807, 2.05) is 24.8 Å². The molecule has 4 heteroatoms. The van der Waals surface area contributed by atoms with E-state index in [-0.39, 0.29) is 11.9 Å². The molecule has 1 saturated heterocycles. The van der Waals surface area contributed by atoms with Crippen LogP contribution in [0.1, 0.15) is 48.6 Å². The summed E-state index contributed by atoms with van der Waals surface area (Å²) in [5.74, 6) is 1.81. The van der Waals surface area contributed by atoms with Crippen molar-refractivity contribution in [3.05, 3.63) is 23.2 Å². The van der Waals surface area contributed by atoms with Crippen LogP contribution in [0, 0.1) is 12.8 Å². The highest BCUT2D eigenvalue weighted by Crippen LogP contribution is 2.25. The van der Waals surface area contributed by atoms with E-state index in [1.54, 1.807) is 0 Å². The third-order valence-electron chi connectivity index (χ3n) is 4.17. The summed E-state index contributed by atoms with van der Waals surface area (Å²) >= 11 is 0. The molecule has 0 aromatic carbocycles. The number of rotatable bonds is 3. The quantitative estimate of drug-likeness (QED) is 0.911. The van der Waals surface area contributed by atoms with Crippen LogP contribution in [-0.4, -0.2) is 29.9 Å². The summed E-state index contributed by atoms with van der Waals surface area (Å²) in [7, 11) is 0. The Hall–Kier alpha value is -1.29. The molecule has 0 aliphatic carbocycles. The number of nitrogens with zero attached hydrogens (tertiary/aromatic N) is 1. The minimum absolute atomic E-state index is 0.00944. The Bertz CT molecular complexity index is 453. The number of nitrogens with two attached hydrogens (primary N) is 1. The lowest BCUT2D eigenvalue weighted by Gasteiger charge is -2.38. The van der Waals surface area contributed by atoms with Gasteiger partial charge in [0.2, 0.25) is 0 Å². The van der Waals surface area contributed by atoms with Gasteiger partial charge in [-0.2, -0.15) is 0 Å². The van der Waals surface area contributed by atoms with Crippen molar-refractivity contribution in [3.63, 3.8) is 0 Å². The Morgan fingerprint density at radius 2 is 2.32 bits per heavy atom. The molecule has 0 unspecified atom stereocenters. The fraction of sp³-hybridized carbons (Fsp3) is 0.667. The highest BCUT2D eigenvalue weighted by atomic mass is 16.4. The summed E-state index contributed by atoms with van der Waals surface area (Å²) in [6, 6.07) is 1.99. The minimum Gasteiger partial charge on any atom is -0.456 e. The molecule has 0 saturated carbocycles.